The molecule has 2 heterocycles. The average Bonchev–Trinajstić information content (AvgIpc) is 2.85. The molecule has 0 aliphatic carbocycles. The number of thiazole rings is 1. The van der Waals surface area contributed by atoms with Crippen LogP contribution >= 0.6 is 22.9 Å². The predicted molar refractivity (Wildman–Crippen MR) is 77.5 cm³/mol. The van der Waals surface area contributed by atoms with E-state index < -0.39 is 0 Å². The topological polar surface area (TPSA) is 50.7 Å². The summed E-state index contributed by atoms with van der Waals surface area (Å²) in [6.45, 7) is 10.8. The molecule has 2 aromatic heterocycles. The van der Waals surface area contributed by atoms with Gasteiger partial charge in [0.1, 0.15) is 5.00 Å². The van der Waals surface area contributed by atoms with E-state index in [1.807, 2.05) is 0 Å². The molecule has 0 aliphatic heterocycles. The molecule has 18 heavy (non-hydrogen) atoms. The lowest BCUT2D eigenvalue weighted by molar-refractivity contribution is 0.584. The Labute approximate surface area is 116 Å². The second-order valence-electron chi connectivity index (χ2n) is 5.37. The SMILES string of the molecule is Cc1nc(C(C)(C)C)sc1C(C)Nc1cnns1. The standard InChI is InChI=1S/C12H18N4S2/c1-7(14-9-6-13-16-18-9)10-8(2)15-11(17-10)12(3,4)5/h6-7,14H,1-5H3. The van der Waals surface area contributed by atoms with Gasteiger partial charge in [-0.25, -0.2) is 4.98 Å². The van der Waals surface area contributed by atoms with Gasteiger partial charge in [-0.3, -0.25) is 0 Å². The molecule has 98 valence electrons. The van der Waals surface area contributed by atoms with Gasteiger partial charge in [0, 0.05) is 21.8 Å². The molecule has 4 nitrogen and oxygen atoms in total. The normalized spacial score (nSPS) is 13.6. The molecule has 1 N–H and O–H groups in total. The minimum atomic E-state index is 0.111. The minimum Gasteiger partial charge on any atom is -0.367 e. The number of anilines is 1. The molecular weight excluding hydrogens is 264 g/mol. The Balaban J connectivity index is 2.20. The number of aryl methyl sites for hydroxylation is 1. The first-order valence-electron chi connectivity index (χ1n) is 5.89. The molecule has 0 amide bonds. The maximum atomic E-state index is 4.68. The molecular formula is C12H18N4S2. The Bertz CT molecular complexity index is 511. The van der Waals surface area contributed by atoms with E-state index in [-0.39, 0.29) is 11.5 Å². The minimum absolute atomic E-state index is 0.111. The molecule has 0 aliphatic rings. The van der Waals surface area contributed by atoms with Crippen LogP contribution in [0.25, 0.3) is 0 Å². The van der Waals surface area contributed by atoms with Gasteiger partial charge in [-0.1, -0.05) is 25.3 Å². The Morgan fingerprint density at radius 2 is 2.06 bits per heavy atom. The molecule has 0 bridgehead atoms. The summed E-state index contributed by atoms with van der Waals surface area (Å²) in [5.41, 5.74) is 1.22. The molecule has 0 saturated carbocycles. The van der Waals surface area contributed by atoms with E-state index in [0.29, 0.717) is 0 Å². The van der Waals surface area contributed by atoms with Crippen LogP contribution in [0, 0.1) is 6.92 Å². The van der Waals surface area contributed by atoms with E-state index in [1.165, 1.54) is 21.4 Å². The van der Waals surface area contributed by atoms with Crippen LogP contribution in [0.4, 0.5) is 5.00 Å². The zero-order chi connectivity index (χ0) is 13.3. The molecule has 0 radical (unpaired) electrons. The van der Waals surface area contributed by atoms with Gasteiger partial charge in [0.15, 0.2) is 0 Å². The van der Waals surface area contributed by atoms with Crippen molar-refractivity contribution >= 4 is 27.9 Å². The van der Waals surface area contributed by atoms with Crippen molar-refractivity contribution in [2.75, 3.05) is 5.32 Å². The summed E-state index contributed by atoms with van der Waals surface area (Å²) in [5, 5.41) is 9.42. The molecule has 1 unspecified atom stereocenters. The fraction of sp³-hybridized carbons (Fsp3) is 0.583. The molecule has 2 aromatic rings. The Morgan fingerprint density at radius 3 is 2.56 bits per heavy atom. The van der Waals surface area contributed by atoms with Crippen molar-refractivity contribution in [2.24, 2.45) is 0 Å². The van der Waals surface area contributed by atoms with Gasteiger partial charge >= 0.3 is 0 Å². The smallest absolute Gasteiger partial charge is 0.130 e. The molecule has 0 fully saturated rings. The summed E-state index contributed by atoms with van der Waals surface area (Å²) < 4.78 is 3.85. The van der Waals surface area contributed by atoms with Crippen molar-refractivity contribution in [3.8, 4) is 0 Å². The number of hydrogen-bond donors (Lipinski definition) is 1. The summed E-state index contributed by atoms with van der Waals surface area (Å²) in [7, 11) is 0. The highest BCUT2D eigenvalue weighted by Gasteiger charge is 2.22. The average molecular weight is 282 g/mol. The van der Waals surface area contributed by atoms with Crippen molar-refractivity contribution in [3.63, 3.8) is 0 Å². The second kappa shape index (κ2) is 4.93. The monoisotopic (exact) mass is 282 g/mol. The predicted octanol–water partition coefficient (Wildman–Crippen LogP) is 3.77. The molecule has 0 aromatic carbocycles. The fourth-order valence-electron chi connectivity index (χ4n) is 1.64. The van der Waals surface area contributed by atoms with Crippen LogP contribution in [0.5, 0.6) is 0 Å². The first-order valence-corrected chi connectivity index (χ1v) is 7.48. The van der Waals surface area contributed by atoms with Crippen molar-refractivity contribution in [2.45, 2.75) is 46.1 Å². The van der Waals surface area contributed by atoms with Crippen molar-refractivity contribution < 1.29 is 0 Å². The van der Waals surface area contributed by atoms with Gasteiger partial charge in [0.25, 0.3) is 0 Å². The van der Waals surface area contributed by atoms with E-state index in [1.54, 1.807) is 17.5 Å². The van der Waals surface area contributed by atoms with Crippen LogP contribution in [-0.2, 0) is 5.41 Å². The fourth-order valence-corrected chi connectivity index (χ4v) is 3.27. The first-order chi connectivity index (χ1) is 8.38. The van der Waals surface area contributed by atoms with Gasteiger partial charge in [-0.05, 0) is 13.8 Å². The first kappa shape index (κ1) is 13.4. The third-order valence-corrected chi connectivity index (χ3v) is 4.95. The number of rotatable bonds is 3. The van der Waals surface area contributed by atoms with E-state index in [2.05, 4.69) is 54.5 Å². The highest BCUT2D eigenvalue weighted by Crippen LogP contribution is 2.33. The Morgan fingerprint density at radius 1 is 1.33 bits per heavy atom. The number of hydrogen-bond acceptors (Lipinski definition) is 6. The third-order valence-electron chi connectivity index (χ3n) is 2.59. The highest BCUT2D eigenvalue weighted by molar-refractivity contribution is 7.12. The Kier molecular flexibility index (Phi) is 3.68. The van der Waals surface area contributed by atoms with Gasteiger partial charge in [0.05, 0.1) is 22.9 Å². The third kappa shape index (κ3) is 2.87. The van der Waals surface area contributed by atoms with E-state index >= 15 is 0 Å². The summed E-state index contributed by atoms with van der Waals surface area (Å²) in [6.07, 6.45) is 1.75. The summed E-state index contributed by atoms with van der Waals surface area (Å²) >= 11 is 3.16. The number of nitrogens with one attached hydrogen (secondary N) is 1. The zero-order valence-corrected chi connectivity index (χ0v) is 12.9. The van der Waals surface area contributed by atoms with Gasteiger partial charge in [-0.15, -0.1) is 16.4 Å². The maximum absolute atomic E-state index is 4.68. The summed E-state index contributed by atoms with van der Waals surface area (Å²) in [4.78, 5) is 5.97. The van der Waals surface area contributed by atoms with E-state index in [0.717, 1.165) is 10.7 Å². The number of nitrogens with zero attached hydrogens (tertiary/aromatic N) is 3. The van der Waals surface area contributed by atoms with Crippen LogP contribution in [0.3, 0.4) is 0 Å². The van der Waals surface area contributed by atoms with Crippen molar-refractivity contribution in [1.29, 1.82) is 0 Å². The lowest BCUT2D eigenvalue weighted by atomic mass is 9.98. The second-order valence-corrected chi connectivity index (χ2v) is 7.18. The number of aromatic nitrogens is 3. The van der Waals surface area contributed by atoms with Gasteiger partial charge in [-0.2, -0.15) is 0 Å². The molecule has 0 saturated heterocycles. The van der Waals surface area contributed by atoms with Crippen molar-refractivity contribution in [1.82, 2.24) is 14.6 Å². The summed E-state index contributed by atoms with van der Waals surface area (Å²) in [5.74, 6) is 0. The van der Waals surface area contributed by atoms with Crippen LogP contribution in [-0.4, -0.2) is 14.6 Å². The van der Waals surface area contributed by atoms with Crippen LogP contribution in [0.15, 0.2) is 6.20 Å². The van der Waals surface area contributed by atoms with Crippen LogP contribution < -0.4 is 5.32 Å². The zero-order valence-electron chi connectivity index (χ0n) is 11.3. The van der Waals surface area contributed by atoms with E-state index in [4.69, 9.17) is 0 Å². The summed E-state index contributed by atoms with van der Waals surface area (Å²) in [6, 6.07) is 0.237. The quantitative estimate of drug-likeness (QED) is 0.931. The molecule has 2 rings (SSSR count). The largest absolute Gasteiger partial charge is 0.367 e. The Hall–Kier alpha value is -1.01. The van der Waals surface area contributed by atoms with Crippen LogP contribution in [0.2, 0.25) is 0 Å². The lowest BCUT2D eigenvalue weighted by Gasteiger charge is -2.14. The van der Waals surface area contributed by atoms with Gasteiger partial charge < -0.3 is 5.32 Å². The molecule has 0 spiro atoms. The van der Waals surface area contributed by atoms with Gasteiger partial charge in [0.2, 0.25) is 0 Å². The van der Waals surface area contributed by atoms with E-state index in [9.17, 15) is 0 Å². The molecule has 1 atom stereocenters. The van der Waals surface area contributed by atoms with Crippen LogP contribution in [0.1, 0.15) is 49.3 Å². The van der Waals surface area contributed by atoms with Crippen molar-refractivity contribution in [3.05, 3.63) is 21.8 Å². The maximum Gasteiger partial charge on any atom is 0.130 e. The highest BCUT2D eigenvalue weighted by atomic mass is 32.1. The molecule has 6 heteroatoms. The lowest BCUT2D eigenvalue weighted by Crippen LogP contribution is -2.10.